The molecule has 1 aliphatic heterocycles. The van der Waals surface area contributed by atoms with Gasteiger partial charge < -0.3 is 10.4 Å². The second-order valence-electron chi connectivity index (χ2n) is 4.15. The minimum atomic E-state index is -1.31. The molecule has 0 spiro atoms. The molecule has 1 aromatic carbocycles. The van der Waals surface area contributed by atoms with Crippen LogP contribution in [0.4, 0.5) is 10.1 Å². The van der Waals surface area contributed by atoms with Crippen LogP contribution in [-0.2, 0) is 4.79 Å². The van der Waals surface area contributed by atoms with Gasteiger partial charge in [0, 0.05) is 17.4 Å². The number of rotatable bonds is 2. The zero-order valence-corrected chi connectivity index (χ0v) is 12.3. The number of aliphatic hydroxyl groups is 1. The number of nitrogens with one attached hydrogen (secondary N) is 1. The number of hydrogen-bond acceptors (Lipinski definition) is 4. The van der Waals surface area contributed by atoms with Crippen molar-refractivity contribution < 1.29 is 14.3 Å². The maximum atomic E-state index is 14.0. The van der Waals surface area contributed by atoms with Crippen LogP contribution in [0.25, 0.3) is 0 Å². The largest absolute Gasteiger partial charge is 0.378 e. The normalized spacial score (nSPS) is 16.9. The van der Waals surface area contributed by atoms with Crippen molar-refractivity contribution in [2.45, 2.75) is 16.0 Å². The predicted octanol–water partition coefficient (Wildman–Crippen LogP) is 3.12. The maximum absolute atomic E-state index is 14.0. The van der Waals surface area contributed by atoms with Crippen molar-refractivity contribution in [3.8, 4) is 0 Å². The molecule has 1 atom stereocenters. The van der Waals surface area contributed by atoms with E-state index < -0.39 is 17.8 Å². The molecular formula is C13H8BrFN2O2S. The first-order valence-corrected chi connectivity index (χ1v) is 7.28. The Kier molecular flexibility index (Phi) is 3.49. The van der Waals surface area contributed by atoms with E-state index in [0.717, 1.165) is 16.2 Å². The molecule has 1 aromatic heterocycles. The lowest BCUT2D eigenvalue weighted by atomic mass is 10.1. The molecule has 2 heterocycles. The average molecular weight is 355 g/mol. The minimum Gasteiger partial charge on any atom is -0.378 e. The molecule has 0 saturated carbocycles. The van der Waals surface area contributed by atoms with E-state index in [9.17, 15) is 14.3 Å². The molecule has 1 aliphatic rings. The molecule has 2 aromatic rings. The molecule has 7 heteroatoms. The van der Waals surface area contributed by atoms with Crippen molar-refractivity contribution in [3.05, 3.63) is 46.3 Å². The molecule has 3 rings (SSSR count). The third kappa shape index (κ3) is 2.32. The first-order chi connectivity index (χ1) is 9.56. The molecule has 0 aliphatic carbocycles. The fourth-order valence-corrected chi connectivity index (χ4v) is 3.19. The number of benzene rings is 1. The lowest BCUT2D eigenvalue weighted by Gasteiger charge is -2.07. The van der Waals surface area contributed by atoms with Gasteiger partial charge in [0.15, 0.2) is 6.10 Å². The van der Waals surface area contributed by atoms with E-state index in [1.165, 1.54) is 12.1 Å². The smallest absolute Gasteiger partial charge is 0.257 e. The summed E-state index contributed by atoms with van der Waals surface area (Å²) in [6, 6.07) is 6.26. The number of halogens is 2. The first-order valence-electron chi connectivity index (χ1n) is 5.67. The van der Waals surface area contributed by atoms with E-state index in [0.29, 0.717) is 15.6 Å². The van der Waals surface area contributed by atoms with Crippen molar-refractivity contribution in [3.63, 3.8) is 0 Å². The molecule has 1 amide bonds. The van der Waals surface area contributed by atoms with Crippen LogP contribution in [0, 0.1) is 5.82 Å². The molecule has 0 radical (unpaired) electrons. The third-order valence-corrected chi connectivity index (χ3v) is 4.79. The van der Waals surface area contributed by atoms with Crippen LogP contribution < -0.4 is 5.32 Å². The average Bonchev–Trinajstić information content (AvgIpc) is 2.69. The van der Waals surface area contributed by atoms with Crippen LogP contribution in [0.15, 0.2) is 44.9 Å². The van der Waals surface area contributed by atoms with Gasteiger partial charge in [-0.3, -0.25) is 4.79 Å². The lowest BCUT2D eigenvalue weighted by molar-refractivity contribution is -0.123. The van der Waals surface area contributed by atoms with Crippen LogP contribution in [0.3, 0.4) is 0 Å². The molecule has 0 bridgehead atoms. The Balaban J connectivity index is 1.99. The molecule has 1 unspecified atom stereocenters. The van der Waals surface area contributed by atoms with Gasteiger partial charge >= 0.3 is 0 Å². The van der Waals surface area contributed by atoms with E-state index in [-0.39, 0.29) is 5.56 Å². The van der Waals surface area contributed by atoms with Gasteiger partial charge in [-0.15, -0.1) is 0 Å². The summed E-state index contributed by atoms with van der Waals surface area (Å²) in [4.78, 5) is 15.8. The number of aliphatic hydroxyl groups excluding tert-OH is 1. The van der Waals surface area contributed by atoms with Gasteiger partial charge in [-0.2, -0.15) is 0 Å². The van der Waals surface area contributed by atoms with Crippen LogP contribution in [0.1, 0.15) is 11.7 Å². The maximum Gasteiger partial charge on any atom is 0.257 e. The zero-order valence-electron chi connectivity index (χ0n) is 9.93. The second kappa shape index (κ2) is 5.16. The number of fused-ring (bicyclic) bond motifs is 1. The highest BCUT2D eigenvalue weighted by molar-refractivity contribution is 9.10. The molecular weight excluding hydrogens is 347 g/mol. The summed E-state index contributed by atoms with van der Waals surface area (Å²) in [5, 5.41) is 12.7. The van der Waals surface area contributed by atoms with Gasteiger partial charge in [-0.05, 0) is 40.2 Å². The molecule has 0 saturated heterocycles. The summed E-state index contributed by atoms with van der Waals surface area (Å²) in [7, 11) is 0. The van der Waals surface area contributed by atoms with E-state index in [1.807, 2.05) is 6.07 Å². The number of pyridine rings is 1. The molecule has 102 valence electrons. The van der Waals surface area contributed by atoms with E-state index in [2.05, 4.69) is 26.2 Å². The quantitative estimate of drug-likeness (QED) is 0.869. The monoisotopic (exact) mass is 354 g/mol. The summed E-state index contributed by atoms with van der Waals surface area (Å²) in [6.45, 7) is 0. The summed E-state index contributed by atoms with van der Waals surface area (Å²) in [6.07, 6.45) is 0.310. The highest BCUT2D eigenvalue weighted by atomic mass is 79.9. The number of carbonyl (C=O) groups excluding carboxylic acids is 1. The Labute approximate surface area is 126 Å². The van der Waals surface area contributed by atoms with Crippen molar-refractivity contribution in [2.24, 2.45) is 0 Å². The number of amides is 1. The fraction of sp³-hybridized carbons (Fsp3) is 0.0769. The predicted molar refractivity (Wildman–Crippen MR) is 76.0 cm³/mol. The molecule has 0 fully saturated rings. The SMILES string of the molecule is O=C1Nc2cc(Sc3ncccc3Br)c(F)cc2C1O. The number of aromatic nitrogens is 1. The second-order valence-corrected chi connectivity index (χ2v) is 6.04. The van der Waals surface area contributed by atoms with Gasteiger partial charge in [0.1, 0.15) is 10.8 Å². The van der Waals surface area contributed by atoms with Gasteiger partial charge in [0.2, 0.25) is 0 Å². The summed E-state index contributed by atoms with van der Waals surface area (Å²) in [5.41, 5.74) is 0.690. The number of nitrogens with zero attached hydrogens (tertiary/aromatic N) is 1. The van der Waals surface area contributed by atoms with Gasteiger partial charge in [-0.25, -0.2) is 9.37 Å². The third-order valence-electron chi connectivity index (χ3n) is 2.84. The summed E-state index contributed by atoms with van der Waals surface area (Å²) < 4.78 is 14.8. The van der Waals surface area contributed by atoms with Crippen molar-refractivity contribution >= 4 is 39.3 Å². The molecule has 2 N–H and O–H groups in total. The number of anilines is 1. The van der Waals surface area contributed by atoms with Crippen LogP contribution in [0.5, 0.6) is 0 Å². The van der Waals surface area contributed by atoms with Crippen LogP contribution in [-0.4, -0.2) is 16.0 Å². The zero-order chi connectivity index (χ0) is 14.3. The fourth-order valence-electron chi connectivity index (χ4n) is 1.87. The van der Waals surface area contributed by atoms with Crippen LogP contribution >= 0.6 is 27.7 Å². The number of carbonyl (C=O) groups is 1. The summed E-state index contributed by atoms with van der Waals surface area (Å²) in [5.74, 6) is -1.04. The Hall–Kier alpha value is -1.44. The van der Waals surface area contributed by atoms with Gasteiger partial charge in [0.05, 0.1) is 9.37 Å². The number of hydrogen-bond donors (Lipinski definition) is 2. The van der Waals surface area contributed by atoms with Crippen molar-refractivity contribution in [1.29, 1.82) is 0 Å². The lowest BCUT2D eigenvalue weighted by Crippen LogP contribution is -2.10. The van der Waals surface area contributed by atoms with Gasteiger partial charge in [-0.1, -0.05) is 11.8 Å². The van der Waals surface area contributed by atoms with Crippen LogP contribution in [0.2, 0.25) is 0 Å². The topological polar surface area (TPSA) is 62.2 Å². The van der Waals surface area contributed by atoms with E-state index >= 15 is 0 Å². The van der Waals surface area contributed by atoms with E-state index in [4.69, 9.17) is 0 Å². The Morgan fingerprint density at radius 3 is 3.00 bits per heavy atom. The van der Waals surface area contributed by atoms with E-state index in [1.54, 1.807) is 12.3 Å². The molecule has 4 nitrogen and oxygen atoms in total. The standard InChI is InChI=1S/C13H8BrFN2O2S/c14-7-2-1-3-16-13(7)20-10-5-9-6(4-8(10)15)11(18)12(19)17-9/h1-5,11,18H,(H,17,19). The Bertz CT molecular complexity index is 711. The Morgan fingerprint density at radius 2 is 2.25 bits per heavy atom. The van der Waals surface area contributed by atoms with Gasteiger partial charge in [0.25, 0.3) is 5.91 Å². The first kappa shape index (κ1) is 13.5. The molecule has 20 heavy (non-hydrogen) atoms. The van der Waals surface area contributed by atoms with Crippen molar-refractivity contribution in [2.75, 3.05) is 5.32 Å². The minimum absolute atomic E-state index is 0.261. The Morgan fingerprint density at radius 1 is 1.45 bits per heavy atom. The van der Waals surface area contributed by atoms with Crippen molar-refractivity contribution in [1.82, 2.24) is 4.98 Å². The highest BCUT2D eigenvalue weighted by Crippen LogP contribution is 2.39. The highest BCUT2D eigenvalue weighted by Gasteiger charge is 2.30. The summed E-state index contributed by atoms with van der Waals surface area (Å²) >= 11 is 4.49.